The van der Waals surface area contributed by atoms with E-state index >= 15 is 0 Å². The van der Waals surface area contributed by atoms with Crippen molar-refractivity contribution in [1.82, 2.24) is 4.90 Å². The topological polar surface area (TPSA) is 54.5 Å². The number of rotatable bonds is 6. The number of benzene rings is 2. The maximum absolute atomic E-state index is 13.7. The number of carbonyl (C=O) groups excluding carboxylic acids is 1. The number of carbonyl (C=O) groups is 1. The Kier molecular flexibility index (Phi) is 5.60. The standard InChI is InChI=1S/C20H21F2NO3S/c1-23(13-16-5-7-17(21)12-19(16)22)20(24)9-10-27(25,26)18-8-6-14-3-2-4-15(14)11-18/h5-8,11-12H,2-4,9-10,13H2,1H3. The van der Waals surface area contributed by atoms with Crippen molar-refractivity contribution in [3.05, 3.63) is 64.7 Å². The summed E-state index contributed by atoms with van der Waals surface area (Å²) in [5.41, 5.74) is 2.42. The normalized spacial score (nSPS) is 13.4. The predicted molar refractivity (Wildman–Crippen MR) is 98.0 cm³/mol. The lowest BCUT2D eigenvalue weighted by Gasteiger charge is -2.18. The van der Waals surface area contributed by atoms with Crippen molar-refractivity contribution in [2.24, 2.45) is 0 Å². The van der Waals surface area contributed by atoms with Crippen LogP contribution >= 0.6 is 0 Å². The van der Waals surface area contributed by atoms with E-state index in [9.17, 15) is 22.0 Å². The van der Waals surface area contributed by atoms with Crippen LogP contribution in [0, 0.1) is 11.6 Å². The van der Waals surface area contributed by atoms with Crippen molar-refractivity contribution in [3.8, 4) is 0 Å². The lowest BCUT2D eigenvalue weighted by Crippen LogP contribution is -2.28. The molecule has 3 rings (SSSR count). The molecule has 1 amide bonds. The molecule has 27 heavy (non-hydrogen) atoms. The van der Waals surface area contributed by atoms with Crippen LogP contribution in [-0.2, 0) is 34.0 Å². The van der Waals surface area contributed by atoms with Crippen molar-refractivity contribution < 1.29 is 22.0 Å². The van der Waals surface area contributed by atoms with Crippen LogP contribution in [0.2, 0.25) is 0 Å². The molecule has 2 aromatic rings. The van der Waals surface area contributed by atoms with Crippen molar-refractivity contribution >= 4 is 15.7 Å². The third-order valence-corrected chi connectivity index (χ3v) is 6.58. The van der Waals surface area contributed by atoms with Crippen molar-refractivity contribution in [1.29, 1.82) is 0 Å². The molecule has 4 nitrogen and oxygen atoms in total. The van der Waals surface area contributed by atoms with Crippen LogP contribution in [0.4, 0.5) is 8.78 Å². The van der Waals surface area contributed by atoms with E-state index in [2.05, 4.69) is 0 Å². The molecule has 0 aromatic heterocycles. The van der Waals surface area contributed by atoms with E-state index < -0.39 is 27.4 Å². The highest BCUT2D eigenvalue weighted by molar-refractivity contribution is 7.91. The van der Waals surface area contributed by atoms with Crippen LogP contribution in [-0.4, -0.2) is 32.0 Å². The van der Waals surface area contributed by atoms with Gasteiger partial charge in [0.15, 0.2) is 9.84 Å². The highest BCUT2D eigenvalue weighted by atomic mass is 32.2. The zero-order valence-corrected chi connectivity index (χ0v) is 15.9. The first-order chi connectivity index (χ1) is 12.8. The van der Waals surface area contributed by atoms with Gasteiger partial charge in [0.25, 0.3) is 0 Å². The van der Waals surface area contributed by atoms with Gasteiger partial charge in [-0.05, 0) is 48.6 Å². The van der Waals surface area contributed by atoms with Crippen molar-refractivity contribution in [3.63, 3.8) is 0 Å². The fraction of sp³-hybridized carbons (Fsp3) is 0.350. The molecular weight excluding hydrogens is 372 g/mol. The summed E-state index contributed by atoms with van der Waals surface area (Å²) in [6.07, 6.45) is 2.68. The van der Waals surface area contributed by atoms with Gasteiger partial charge in [0.05, 0.1) is 10.6 Å². The molecule has 0 heterocycles. The second-order valence-electron chi connectivity index (χ2n) is 6.84. The van der Waals surface area contributed by atoms with Gasteiger partial charge in [0.1, 0.15) is 11.6 Å². The quantitative estimate of drug-likeness (QED) is 0.757. The number of hydrogen-bond donors (Lipinski definition) is 0. The number of aryl methyl sites for hydroxylation is 2. The first kappa shape index (κ1) is 19.5. The van der Waals surface area contributed by atoms with Gasteiger partial charge < -0.3 is 4.90 Å². The van der Waals surface area contributed by atoms with Crippen LogP contribution in [0.1, 0.15) is 29.5 Å². The summed E-state index contributed by atoms with van der Waals surface area (Å²) in [5.74, 6) is -2.14. The first-order valence-electron chi connectivity index (χ1n) is 8.79. The summed E-state index contributed by atoms with van der Waals surface area (Å²) in [6.45, 7) is -0.0517. The molecule has 0 N–H and O–H groups in total. The zero-order chi connectivity index (χ0) is 19.6. The van der Waals surface area contributed by atoms with Crippen molar-refractivity contribution in [2.45, 2.75) is 37.1 Å². The van der Waals surface area contributed by atoms with Crippen molar-refractivity contribution in [2.75, 3.05) is 12.8 Å². The Bertz CT molecular complexity index is 973. The molecule has 144 valence electrons. The molecule has 1 aliphatic carbocycles. The molecular formula is C20H21F2NO3S. The average Bonchev–Trinajstić information content (AvgIpc) is 3.09. The number of halogens is 2. The van der Waals surface area contributed by atoms with Gasteiger partial charge in [-0.15, -0.1) is 0 Å². The number of hydrogen-bond acceptors (Lipinski definition) is 3. The fourth-order valence-corrected chi connectivity index (χ4v) is 4.54. The summed E-state index contributed by atoms with van der Waals surface area (Å²) in [6, 6.07) is 8.30. The van der Waals surface area contributed by atoms with E-state index in [1.807, 2.05) is 6.07 Å². The number of fused-ring (bicyclic) bond motifs is 1. The van der Waals surface area contributed by atoms with Gasteiger partial charge in [-0.25, -0.2) is 17.2 Å². The summed E-state index contributed by atoms with van der Waals surface area (Å²) in [5, 5.41) is 0. The summed E-state index contributed by atoms with van der Waals surface area (Å²) in [7, 11) is -2.10. The Balaban J connectivity index is 1.62. The number of sulfone groups is 1. The third kappa shape index (κ3) is 4.53. The van der Waals surface area contributed by atoms with Crippen LogP contribution in [0.3, 0.4) is 0 Å². The minimum absolute atomic E-state index is 0.0517. The molecule has 2 aromatic carbocycles. The smallest absolute Gasteiger partial charge is 0.223 e. The molecule has 7 heteroatoms. The molecule has 1 aliphatic rings. The maximum atomic E-state index is 13.7. The Hall–Kier alpha value is -2.28. The molecule has 0 radical (unpaired) electrons. The van der Waals surface area contributed by atoms with Gasteiger partial charge >= 0.3 is 0 Å². The lowest BCUT2D eigenvalue weighted by molar-refractivity contribution is -0.130. The minimum atomic E-state index is -3.57. The average molecular weight is 393 g/mol. The zero-order valence-electron chi connectivity index (χ0n) is 15.0. The van der Waals surface area contributed by atoms with Gasteiger partial charge in [-0.1, -0.05) is 12.1 Å². The molecule has 0 spiro atoms. The molecule has 0 saturated heterocycles. The highest BCUT2D eigenvalue weighted by Crippen LogP contribution is 2.25. The van der Waals surface area contributed by atoms with E-state index in [4.69, 9.17) is 0 Å². The minimum Gasteiger partial charge on any atom is -0.341 e. The molecule has 0 bridgehead atoms. The Labute approximate surface area is 157 Å². The summed E-state index contributed by atoms with van der Waals surface area (Å²) < 4.78 is 51.7. The van der Waals surface area contributed by atoms with E-state index in [-0.39, 0.29) is 29.2 Å². The lowest BCUT2D eigenvalue weighted by atomic mass is 10.1. The molecule has 0 unspecified atom stereocenters. The highest BCUT2D eigenvalue weighted by Gasteiger charge is 2.21. The largest absolute Gasteiger partial charge is 0.341 e. The Morgan fingerprint density at radius 2 is 1.81 bits per heavy atom. The molecule has 0 fully saturated rings. The molecule has 0 aliphatic heterocycles. The van der Waals surface area contributed by atoms with Crippen LogP contribution in [0.5, 0.6) is 0 Å². The monoisotopic (exact) mass is 393 g/mol. The maximum Gasteiger partial charge on any atom is 0.223 e. The van der Waals surface area contributed by atoms with Gasteiger partial charge in [-0.2, -0.15) is 0 Å². The van der Waals surface area contributed by atoms with E-state index in [0.717, 1.165) is 37.0 Å². The molecule has 0 saturated carbocycles. The van der Waals surface area contributed by atoms with E-state index in [1.165, 1.54) is 23.6 Å². The second kappa shape index (κ2) is 7.76. The number of amides is 1. The Morgan fingerprint density at radius 3 is 2.56 bits per heavy atom. The second-order valence-corrected chi connectivity index (χ2v) is 8.95. The van der Waals surface area contributed by atoms with Gasteiger partial charge in [-0.3, -0.25) is 4.79 Å². The van der Waals surface area contributed by atoms with Crippen LogP contribution < -0.4 is 0 Å². The first-order valence-corrected chi connectivity index (χ1v) is 10.4. The van der Waals surface area contributed by atoms with Gasteiger partial charge in [0, 0.05) is 31.6 Å². The summed E-state index contributed by atoms with van der Waals surface area (Å²) >= 11 is 0. The predicted octanol–water partition coefficient (Wildman–Crippen LogP) is 3.28. The SMILES string of the molecule is CN(Cc1ccc(F)cc1F)C(=O)CCS(=O)(=O)c1ccc2c(c1)CCC2. The Morgan fingerprint density at radius 1 is 1.07 bits per heavy atom. The van der Waals surface area contributed by atoms with Gasteiger partial charge in [0.2, 0.25) is 5.91 Å². The number of nitrogens with zero attached hydrogens (tertiary/aromatic N) is 1. The molecule has 0 atom stereocenters. The fourth-order valence-electron chi connectivity index (χ4n) is 3.27. The summed E-state index contributed by atoms with van der Waals surface area (Å²) in [4.78, 5) is 13.7. The van der Waals surface area contributed by atoms with E-state index in [1.54, 1.807) is 12.1 Å². The van der Waals surface area contributed by atoms with Crippen LogP contribution in [0.15, 0.2) is 41.3 Å². The third-order valence-electron chi connectivity index (χ3n) is 4.86. The van der Waals surface area contributed by atoms with Crippen LogP contribution in [0.25, 0.3) is 0 Å². The van der Waals surface area contributed by atoms with E-state index in [0.29, 0.717) is 0 Å².